The van der Waals surface area contributed by atoms with Gasteiger partial charge in [-0.05, 0) is 44.5 Å². The Morgan fingerprint density at radius 1 is 1.06 bits per heavy atom. The SMILES string of the molecule is O=c1cnc2ccc(=O)n3c2n1CCC3CN1CCC(NCc2cc3c(cn2)OCS3)CC1. The van der Waals surface area contributed by atoms with Gasteiger partial charge in [-0.2, -0.15) is 0 Å². The average Bonchev–Trinajstić information content (AvgIpc) is 3.31. The smallest absolute Gasteiger partial charge is 0.270 e. The van der Waals surface area contributed by atoms with Crippen LogP contribution in [0.25, 0.3) is 11.2 Å². The molecule has 6 heterocycles. The Balaban J connectivity index is 1.09. The second-order valence-electron chi connectivity index (χ2n) is 8.93. The van der Waals surface area contributed by atoms with Crippen LogP contribution in [0.15, 0.2) is 45.1 Å². The zero-order valence-corrected chi connectivity index (χ0v) is 19.1. The lowest BCUT2D eigenvalue weighted by molar-refractivity contribution is 0.163. The van der Waals surface area contributed by atoms with Gasteiger partial charge in [0.15, 0.2) is 5.75 Å². The minimum atomic E-state index is -0.142. The van der Waals surface area contributed by atoms with Gasteiger partial charge in [-0.1, -0.05) is 11.8 Å². The Bertz CT molecular complexity index is 1310. The third kappa shape index (κ3) is 3.96. The Hall–Kier alpha value is -2.69. The number of likely N-dealkylation sites (tertiary alicyclic amines) is 1. The van der Waals surface area contributed by atoms with E-state index in [1.54, 1.807) is 33.0 Å². The summed E-state index contributed by atoms with van der Waals surface area (Å²) in [6.07, 6.45) is 6.07. The molecule has 1 atom stereocenters. The molecule has 10 heteroatoms. The highest BCUT2D eigenvalue weighted by molar-refractivity contribution is 7.99. The highest BCUT2D eigenvalue weighted by Crippen LogP contribution is 2.35. The third-order valence-electron chi connectivity index (χ3n) is 6.91. The summed E-state index contributed by atoms with van der Waals surface area (Å²) in [6, 6.07) is 5.92. The first kappa shape index (κ1) is 20.9. The number of pyridine rings is 2. The van der Waals surface area contributed by atoms with Crippen molar-refractivity contribution >= 4 is 22.9 Å². The van der Waals surface area contributed by atoms with Crippen LogP contribution in [0.4, 0.5) is 0 Å². The maximum absolute atomic E-state index is 12.7. The van der Waals surface area contributed by atoms with Gasteiger partial charge in [0.1, 0.15) is 17.1 Å². The summed E-state index contributed by atoms with van der Waals surface area (Å²) in [5.41, 5.74) is 2.21. The minimum absolute atomic E-state index is 0.0599. The molecule has 0 saturated carbocycles. The van der Waals surface area contributed by atoms with Crippen molar-refractivity contribution in [1.29, 1.82) is 0 Å². The number of rotatable bonds is 5. The zero-order chi connectivity index (χ0) is 22.4. The lowest BCUT2D eigenvalue weighted by atomic mass is 10.0. The molecule has 1 saturated heterocycles. The van der Waals surface area contributed by atoms with Crippen molar-refractivity contribution in [3.8, 4) is 5.75 Å². The first-order valence-electron chi connectivity index (χ1n) is 11.5. The number of piperidine rings is 1. The second-order valence-corrected chi connectivity index (χ2v) is 9.89. The van der Waals surface area contributed by atoms with Gasteiger partial charge in [-0.15, -0.1) is 0 Å². The minimum Gasteiger partial charge on any atom is -0.480 e. The summed E-state index contributed by atoms with van der Waals surface area (Å²) in [5, 5.41) is 3.66. The van der Waals surface area contributed by atoms with Gasteiger partial charge >= 0.3 is 0 Å². The number of fused-ring (bicyclic) bond motifs is 1. The summed E-state index contributed by atoms with van der Waals surface area (Å²) >= 11 is 1.71. The highest BCUT2D eigenvalue weighted by Gasteiger charge is 2.27. The van der Waals surface area contributed by atoms with E-state index in [1.807, 2.05) is 6.20 Å². The number of aryl methyl sites for hydroxylation is 1. The molecular formula is C23H26N6O3S. The second kappa shape index (κ2) is 8.58. The van der Waals surface area contributed by atoms with Crippen molar-refractivity contribution in [2.45, 2.75) is 49.3 Å². The highest BCUT2D eigenvalue weighted by atomic mass is 32.2. The number of thioether (sulfide) groups is 1. The molecule has 3 aliphatic rings. The van der Waals surface area contributed by atoms with E-state index in [0.29, 0.717) is 29.7 Å². The Labute approximate surface area is 194 Å². The summed E-state index contributed by atoms with van der Waals surface area (Å²) in [5.74, 6) is 1.56. The van der Waals surface area contributed by atoms with Gasteiger partial charge in [0.05, 0.1) is 29.0 Å². The van der Waals surface area contributed by atoms with E-state index in [0.717, 1.165) is 56.9 Å². The van der Waals surface area contributed by atoms with E-state index in [4.69, 9.17) is 4.74 Å². The van der Waals surface area contributed by atoms with Crippen LogP contribution in [0.5, 0.6) is 5.75 Å². The molecule has 3 aromatic heterocycles. The van der Waals surface area contributed by atoms with Crippen molar-refractivity contribution in [2.75, 3.05) is 25.6 Å². The van der Waals surface area contributed by atoms with Crippen molar-refractivity contribution in [3.63, 3.8) is 0 Å². The first-order chi connectivity index (χ1) is 16.2. The number of aromatic nitrogens is 4. The molecule has 0 aliphatic carbocycles. The van der Waals surface area contributed by atoms with E-state index >= 15 is 0 Å². The molecule has 1 N–H and O–H groups in total. The van der Waals surface area contributed by atoms with Crippen LogP contribution in [-0.4, -0.2) is 55.6 Å². The van der Waals surface area contributed by atoms with Crippen LogP contribution in [0.3, 0.4) is 0 Å². The maximum atomic E-state index is 12.7. The molecular weight excluding hydrogens is 440 g/mol. The van der Waals surface area contributed by atoms with Crippen LogP contribution in [0.1, 0.15) is 31.0 Å². The van der Waals surface area contributed by atoms with Crippen molar-refractivity contribution in [3.05, 3.63) is 57.0 Å². The fourth-order valence-corrected chi connectivity index (χ4v) is 5.94. The van der Waals surface area contributed by atoms with Gasteiger partial charge in [-0.25, -0.2) is 4.98 Å². The topological polar surface area (TPSA) is 94.3 Å². The van der Waals surface area contributed by atoms with Crippen LogP contribution >= 0.6 is 11.8 Å². The van der Waals surface area contributed by atoms with E-state index in [1.165, 1.54) is 11.1 Å². The molecule has 0 bridgehead atoms. The quantitative estimate of drug-likeness (QED) is 0.606. The lowest BCUT2D eigenvalue weighted by Gasteiger charge is -2.36. The number of nitrogens with zero attached hydrogens (tertiary/aromatic N) is 5. The molecule has 33 heavy (non-hydrogen) atoms. The Kier molecular flexibility index (Phi) is 5.43. The normalized spacial score (nSPS) is 20.7. The predicted octanol–water partition coefficient (Wildman–Crippen LogP) is 1.59. The molecule has 0 amide bonds. The van der Waals surface area contributed by atoms with Crippen LogP contribution in [0.2, 0.25) is 0 Å². The number of ether oxygens (including phenoxy) is 1. The van der Waals surface area contributed by atoms with Crippen LogP contribution < -0.4 is 21.2 Å². The Morgan fingerprint density at radius 2 is 1.94 bits per heavy atom. The molecule has 3 aliphatic heterocycles. The standard InChI is InChI=1S/C23H26N6O3S/c30-21-2-1-18-23-28(22(31)12-26-18)8-5-17(29(21)23)13-27-6-3-15(4-7-27)24-10-16-9-20-19(11-25-16)32-14-33-20/h1-2,9,11-12,15,17,24H,3-8,10,13-14H2. The average molecular weight is 467 g/mol. The summed E-state index contributed by atoms with van der Waals surface area (Å²) in [6.45, 7) is 4.18. The molecule has 6 rings (SSSR count). The summed E-state index contributed by atoms with van der Waals surface area (Å²) in [7, 11) is 0. The molecule has 1 unspecified atom stereocenters. The largest absolute Gasteiger partial charge is 0.480 e. The van der Waals surface area contributed by atoms with Gasteiger partial charge in [-0.3, -0.25) is 23.7 Å². The molecule has 0 spiro atoms. The number of hydrogen-bond acceptors (Lipinski definition) is 8. The van der Waals surface area contributed by atoms with Crippen molar-refractivity contribution in [1.82, 2.24) is 29.3 Å². The fraction of sp³-hybridized carbons (Fsp3) is 0.478. The third-order valence-corrected chi connectivity index (χ3v) is 7.78. The first-order valence-corrected chi connectivity index (χ1v) is 12.5. The molecule has 0 radical (unpaired) electrons. The van der Waals surface area contributed by atoms with Crippen molar-refractivity contribution < 1.29 is 4.74 Å². The molecule has 172 valence electrons. The number of hydrogen-bond donors (Lipinski definition) is 1. The van der Waals surface area contributed by atoms with Gasteiger partial charge in [0, 0.05) is 31.7 Å². The van der Waals surface area contributed by atoms with Crippen LogP contribution in [0, 0.1) is 0 Å². The summed E-state index contributed by atoms with van der Waals surface area (Å²) in [4.78, 5) is 37.4. The molecule has 1 fully saturated rings. The van der Waals surface area contributed by atoms with Crippen molar-refractivity contribution in [2.24, 2.45) is 0 Å². The lowest BCUT2D eigenvalue weighted by Crippen LogP contribution is -2.46. The monoisotopic (exact) mass is 466 g/mol. The summed E-state index contributed by atoms with van der Waals surface area (Å²) < 4.78 is 8.98. The van der Waals surface area contributed by atoms with Crippen LogP contribution in [-0.2, 0) is 13.1 Å². The molecule has 3 aromatic rings. The predicted molar refractivity (Wildman–Crippen MR) is 126 cm³/mol. The molecule has 9 nitrogen and oxygen atoms in total. The molecule has 0 aromatic carbocycles. The van der Waals surface area contributed by atoms with E-state index < -0.39 is 0 Å². The number of nitrogens with one attached hydrogen (secondary N) is 1. The van der Waals surface area contributed by atoms with E-state index in [2.05, 4.69) is 26.3 Å². The van der Waals surface area contributed by atoms with Gasteiger partial charge in [0.2, 0.25) is 0 Å². The fourth-order valence-electron chi connectivity index (χ4n) is 5.16. The zero-order valence-electron chi connectivity index (χ0n) is 18.3. The van der Waals surface area contributed by atoms with E-state index in [-0.39, 0.29) is 17.2 Å². The van der Waals surface area contributed by atoms with E-state index in [9.17, 15) is 9.59 Å². The maximum Gasteiger partial charge on any atom is 0.270 e. The Morgan fingerprint density at radius 3 is 2.82 bits per heavy atom. The van der Waals surface area contributed by atoms with Gasteiger partial charge < -0.3 is 15.0 Å². The van der Waals surface area contributed by atoms with Gasteiger partial charge in [0.25, 0.3) is 11.1 Å².